The molecule has 2 heteroatoms. The molecule has 9 heavy (non-hydrogen) atoms. The van der Waals surface area contributed by atoms with Crippen LogP contribution in [0.5, 0.6) is 0 Å². The fraction of sp³-hybridized carbons (Fsp3) is 0.429. The molecule has 0 saturated carbocycles. The van der Waals surface area contributed by atoms with E-state index >= 15 is 0 Å². The second kappa shape index (κ2) is 2.97. The Balaban J connectivity index is 2.49. The second-order valence-electron chi connectivity index (χ2n) is 2.25. The van der Waals surface area contributed by atoms with Crippen molar-refractivity contribution in [2.45, 2.75) is 19.9 Å². The minimum absolute atomic E-state index is 0.582. The molecule has 0 atom stereocenters. The predicted octanol–water partition coefficient (Wildman–Crippen LogP) is 2.39. The zero-order valence-corrected chi connectivity index (χ0v) is 6.56. The molecular weight excluding hydrogens is 130 g/mol. The quantitative estimate of drug-likeness (QED) is 0.551. The second-order valence-corrected chi connectivity index (χ2v) is 3.06. The zero-order chi connectivity index (χ0) is 6.69. The summed E-state index contributed by atoms with van der Waals surface area (Å²) in [7, 11) is 0. The first-order chi connectivity index (χ1) is 4.30. The summed E-state index contributed by atoms with van der Waals surface area (Å²) >= 11 is 1.71. The van der Waals surface area contributed by atoms with Crippen LogP contribution in [0.4, 0.5) is 0 Å². The van der Waals surface area contributed by atoms with Gasteiger partial charge in [0.2, 0.25) is 0 Å². The van der Waals surface area contributed by atoms with Gasteiger partial charge in [-0.2, -0.15) is 0 Å². The molecule has 1 aliphatic heterocycles. The summed E-state index contributed by atoms with van der Waals surface area (Å²) in [5.74, 6) is 0. The molecule has 50 valence electrons. The predicted molar refractivity (Wildman–Crippen MR) is 42.8 cm³/mol. The van der Waals surface area contributed by atoms with E-state index in [0.29, 0.717) is 6.04 Å². The molecular formula is C7H11NS. The topological polar surface area (TPSA) is 3.24 Å². The molecule has 0 aromatic carbocycles. The fourth-order valence-corrected chi connectivity index (χ4v) is 1.16. The zero-order valence-electron chi connectivity index (χ0n) is 5.74. The Kier molecular flexibility index (Phi) is 2.22. The van der Waals surface area contributed by atoms with Crippen molar-refractivity contribution >= 4 is 11.8 Å². The standard InChI is InChI=1S/C7H11NS/c1-7(2)8-3-5-9-6-4-8/h3-7H,1-2H3. The Labute approximate surface area is 60.4 Å². The highest BCUT2D eigenvalue weighted by atomic mass is 32.2. The van der Waals surface area contributed by atoms with E-state index in [-0.39, 0.29) is 0 Å². The van der Waals surface area contributed by atoms with Gasteiger partial charge in [-0.05, 0) is 24.7 Å². The van der Waals surface area contributed by atoms with E-state index in [9.17, 15) is 0 Å². The lowest BCUT2D eigenvalue weighted by Crippen LogP contribution is -2.19. The van der Waals surface area contributed by atoms with E-state index in [2.05, 4.69) is 42.0 Å². The highest BCUT2D eigenvalue weighted by Gasteiger charge is 2.00. The third-order valence-corrected chi connectivity index (χ3v) is 1.78. The highest BCUT2D eigenvalue weighted by Crippen LogP contribution is 2.14. The smallest absolute Gasteiger partial charge is 0.0274 e. The van der Waals surface area contributed by atoms with Crippen molar-refractivity contribution in [1.82, 2.24) is 4.90 Å². The number of hydrogen-bond donors (Lipinski definition) is 0. The van der Waals surface area contributed by atoms with Crippen LogP contribution in [0, 0.1) is 0 Å². The Morgan fingerprint density at radius 3 is 2.11 bits per heavy atom. The first-order valence-electron chi connectivity index (χ1n) is 3.07. The van der Waals surface area contributed by atoms with Crippen LogP contribution in [-0.2, 0) is 0 Å². The molecule has 0 fully saturated rings. The van der Waals surface area contributed by atoms with E-state index in [4.69, 9.17) is 0 Å². The van der Waals surface area contributed by atoms with Crippen LogP contribution in [0.25, 0.3) is 0 Å². The van der Waals surface area contributed by atoms with Crippen LogP contribution >= 0.6 is 11.8 Å². The lowest BCUT2D eigenvalue weighted by molar-refractivity contribution is 0.417. The molecule has 1 aliphatic rings. The molecule has 1 heterocycles. The van der Waals surface area contributed by atoms with Gasteiger partial charge in [0.1, 0.15) is 0 Å². The fourth-order valence-electron chi connectivity index (χ4n) is 0.650. The summed E-state index contributed by atoms with van der Waals surface area (Å²) < 4.78 is 0. The lowest BCUT2D eigenvalue weighted by Gasteiger charge is -2.21. The summed E-state index contributed by atoms with van der Waals surface area (Å²) in [6.45, 7) is 4.34. The number of hydrogen-bond acceptors (Lipinski definition) is 2. The third kappa shape index (κ3) is 1.79. The van der Waals surface area contributed by atoms with Crippen molar-refractivity contribution in [3.05, 3.63) is 23.2 Å². The minimum atomic E-state index is 0.582. The molecule has 0 radical (unpaired) electrons. The van der Waals surface area contributed by atoms with Crippen molar-refractivity contribution in [2.24, 2.45) is 0 Å². The number of rotatable bonds is 1. The molecule has 0 unspecified atom stereocenters. The normalized spacial score (nSPS) is 17.4. The Bertz CT molecular complexity index is 126. The Morgan fingerprint density at radius 2 is 1.78 bits per heavy atom. The average Bonchev–Trinajstić information content (AvgIpc) is 1.90. The molecule has 1 rings (SSSR count). The van der Waals surface area contributed by atoms with Crippen molar-refractivity contribution in [3.8, 4) is 0 Å². The van der Waals surface area contributed by atoms with Gasteiger partial charge in [0.05, 0.1) is 0 Å². The van der Waals surface area contributed by atoms with Crippen molar-refractivity contribution in [3.63, 3.8) is 0 Å². The lowest BCUT2D eigenvalue weighted by atomic mass is 10.3. The molecule has 0 aliphatic carbocycles. The van der Waals surface area contributed by atoms with Crippen molar-refractivity contribution < 1.29 is 0 Å². The SMILES string of the molecule is CC(C)N1C=CSC=C1. The maximum atomic E-state index is 2.18. The van der Waals surface area contributed by atoms with Crippen LogP contribution < -0.4 is 0 Å². The number of nitrogens with zero attached hydrogens (tertiary/aromatic N) is 1. The van der Waals surface area contributed by atoms with Gasteiger partial charge in [-0.25, -0.2) is 0 Å². The summed E-state index contributed by atoms with van der Waals surface area (Å²) in [6.07, 6.45) is 4.19. The molecule has 0 aromatic heterocycles. The minimum Gasteiger partial charge on any atom is -0.351 e. The van der Waals surface area contributed by atoms with Crippen molar-refractivity contribution in [2.75, 3.05) is 0 Å². The Morgan fingerprint density at radius 1 is 1.22 bits per heavy atom. The van der Waals surface area contributed by atoms with Gasteiger partial charge in [0, 0.05) is 18.4 Å². The molecule has 0 saturated heterocycles. The van der Waals surface area contributed by atoms with E-state index in [1.807, 2.05) is 0 Å². The molecule has 0 aromatic rings. The maximum absolute atomic E-state index is 2.18. The van der Waals surface area contributed by atoms with Crippen molar-refractivity contribution in [1.29, 1.82) is 0 Å². The van der Waals surface area contributed by atoms with Crippen LogP contribution in [0.15, 0.2) is 23.2 Å². The average molecular weight is 141 g/mol. The van der Waals surface area contributed by atoms with E-state index in [0.717, 1.165) is 0 Å². The molecule has 0 amide bonds. The van der Waals surface area contributed by atoms with Crippen LogP contribution in [0.1, 0.15) is 13.8 Å². The highest BCUT2D eigenvalue weighted by molar-refractivity contribution is 8.04. The van der Waals surface area contributed by atoms with E-state index in [1.54, 1.807) is 11.8 Å². The van der Waals surface area contributed by atoms with Gasteiger partial charge in [-0.15, -0.1) is 11.8 Å². The monoisotopic (exact) mass is 141 g/mol. The van der Waals surface area contributed by atoms with E-state index in [1.165, 1.54) is 0 Å². The van der Waals surface area contributed by atoms with Gasteiger partial charge in [-0.1, -0.05) is 0 Å². The van der Waals surface area contributed by atoms with Gasteiger partial charge in [0.15, 0.2) is 0 Å². The number of thioether (sulfide) groups is 1. The summed E-state index contributed by atoms with van der Waals surface area (Å²) in [5, 5.41) is 4.17. The molecule has 0 N–H and O–H groups in total. The molecule has 0 bridgehead atoms. The van der Waals surface area contributed by atoms with Gasteiger partial charge < -0.3 is 4.90 Å². The van der Waals surface area contributed by atoms with Crippen LogP contribution in [0.3, 0.4) is 0 Å². The third-order valence-electron chi connectivity index (χ3n) is 1.22. The molecule has 0 spiro atoms. The van der Waals surface area contributed by atoms with Gasteiger partial charge >= 0.3 is 0 Å². The maximum Gasteiger partial charge on any atom is 0.0274 e. The van der Waals surface area contributed by atoms with E-state index < -0.39 is 0 Å². The van der Waals surface area contributed by atoms with Gasteiger partial charge in [-0.3, -0.25) is 0 Å². The first-order valence-corrected chi connectivity index (χ1v) is 4.01. The molecule has 1 nitrogen and oxygen atoms in total. The van der Waals surface area contributed by atoms with Crippen LogP contribution in [-0.4, -0.2) is 10.9 Å². The summed E-state index contributed by atoms with van der Waals surface area (Å²) in [4.78, 5) is 2.18. The Hall–Kier alpha value is -0.370. The summed E-state index contributed by atoms with van der Waals surface area (Å²) in [6, 6.07) is 0.582. The van der Waals surface area contributed by atoms with Crippen LogP contribution in [0.2, 0.25) is 0 Å². The largest absolute Gasteiger partial charge is 0.351 e. The summed E-state index contributed by atoms with van der Waals surface area (Å²) in [5.41, 5.74) is 0. The van der Waals surface area contributed by atoms with Gasteiger partial charge in [0.25, 0.3) is 0 Å². The first kappa shape index (κ1) is 6.75.